The third kappa shape index (κ3) is 6.14. The number of hydrogen-bond donors (Lipinski definition) is 0. The van der Waals surface area contributed by atoms with Crippen molar-refractivity contribution in [2.45, 2.75) is 0 Å². The number of aromatic nitrogens is 3. The number of hydrogen-bond acceptors (Lipinski definition) is 3. The average molecular weight is 801 g/mol. The summed E-state index contributed by atoms with van der Waals surface area (Å²) in [7, 11) is 0. The fourth-order valence-corrected chi connectivity index (χ4v) is 9.54. The molecular weight excluding hydrogens is 765 g/mol. The number of nitrogens with zero attached hydrogens (tertiary/aromatic N) is 4. The first-order chi connectivity index (χ1) is 31.2. The predicted molar refractivity (Wildman–Crippen MR) is 261 cm³/mol. The molecule has 0 aliphatic rings. The molecular formula is C59H36N4. The van der Waals surface area contributed by atoms with E-state index >= 15 is 0 Å². The number of nitriles is 1. The zero-order valence-corrected chi connectivity index (χ0v) is 34.1. The SMILES string of the molecule is N#Cc1ccc2c3ccc(-c4ccc(-c5cc6c7ccccc7c(-c7cc(-c8ccccn8)cc(-c8ccccn8)c7)cc6c6ccccc56)cc4)cc3n(-c3ccccc3)c2c1. The number of pyridine rings is 2. The summed E-state index contributed by atoms with van der Waals surface area (Å²) in [6, 6.07) is 75.7. The molecule has 292 valence electrons. The summed E-state index contributed by atoms with van der Waals surface area (Å²) in [5.41, 5.74) is 14.7. The first-order valence-electron chi connectivity index (χ1n) is 21.2. The molecule has 0 amide bonds. The van der Waals surface area contributed by atoms with Crippen molar-refractivity contribution in [3.63, 3.8) is 0 Å². The third-order valence-corrected chi connectivity index (χ3v) is 12.5. The largest absolute Gasteiger partial charge is 0.309 e. The van der Waals surface area contributed by atoms with Gasteiger partial charge in [-0.25, -0.2) is 0 Å². The van der Waals surface area contributed by atoms with Gasteiger partial charge in [-0.05, 0) is 151 Å². The molecule has 4 nitrogen and oxygen atoms in total. The molecule has 0 saturated heterocycles. The first-order valence-corrected chi connectivity index (χ1v) is 21.2. The van der Waals surface area contributed by atoms with E-state index in [1.54, 1.807) is 0 Å². The highest BCUT2D eigenvalue weighted by Crippen LogP contribution is 2.44. The summed E-state index contributed by atoms with van der Waals surface area (Å²) in [6.45, 7) is 0. The minimum atomic E-state index is 0.648. The Morgan fingerprint density at radius 2 is 0.825 bits per heavy atom. The van der Waals surface area contributed by atoms with E-state index in [-0.39, 0.29) is 0 Å². The Kier molecular flexibility index (Phi) is 8.52. The van der Waals surface area contributed by atoms with E-state index in [1.807, 2.05) is 54.9 Å². The quantitative estimate of drug-likeness (QED) is 0.157. The second kappa shape index (κ2) is 14.8. The highest BCUT2D eigenvalue weighted by atomic mass is 15.0. The Morgan fingerprint density at radius 3 is 1.41 bits per heavy atom. The van der Waals surface area contributed by atoms with Crippen LogP contribution in [0, 0.1) is 11.3 Å². The van der Waals surface area contributed by atoms with E-state index < -0.39 is 0 Å². The predicted octanol–water partition coefficient (Wildman–Crippen LogP) is 15.2. The van der Waals surface area contributed by atoms with Gasteiger partial charge in [0.15, 0.2) is 0 Å². The van der Waals surface area contributed by atoms with Crippen LogP contribution < -0.4 is 0 Å². The zero-order chi connectivity index (χ0) is 41.9. The lowest BCUT2D eigenvalue weighted by molar-refractivity contribution is 1.18. The zero-order valence-electron chi connectivity index (χ0n) is 34.1. The molecule has 0 unspecified atom stereocenters. The summed E-state index contributed by atoms with van der Waals surface area (Å²) >= 11 is 0. The van der Waals surface area contributed by atoms with Crippen LogP contribution in [0.1, 0.15) is 5.56 Å². The second-order valence-electron chi connectivity index (χ2n) is 16.1. The van der Waals surface area contributed by atoms with Crippen molar-refractivity contribution in [2.24, 2.45) is 0 Å². The van der Waals surface area contributed by atoms with Crippen molar-refractivity contribution < 1.29 is 0 Å². The highest BCUT2D eigenvalue weighted by molar-refractivity contribution is 6.24. The van der Waals surface area contributed by atoms with Gasteiger partial charge in [-0.1, -0.05) is 121 Å². The van der Waals surface area contributed by atoms with Crippen LogP contribution in [0.2, 0.25) is 0 Å². The lowest BCUT2D eigenvalue weighted by Crippen LogP contribution is -1.93. The molecule has 0 aliphatic heterocycles. The third-order valence-electron chi connectivity index (χ3n) is 12.5. The standard InChI is InChI=1S/C59H36N4/c60-37-38-20-26-50-51-27-25-41(34-59(51)63(58(50)30-38)45-12-2-1-3-13-45)39-21-23-40(24-22-39)52-35-54-49-17-7-5-15-47(49)53(36-55(54)48-16-6-4-14-46(48)52)42-31-43(56-18-8-10-28-61-56)33-44(32-42)57-19-9-11-29-62-57/h1-36H. The van der Waals surface area contributed by atoms with Gasteiger partial charge in [0, 0.05) is 40.0 Å². The maximum absolute atomic E-state index is 9.76. The van der Waals surface area contributed by atoms with Crippen LogP contribution in [0.25, 0.3) is 116 Å². The summed E-state index contributed by atoms with van der Waals surface area (Å²) < 4.78 is 2.27. The molecule has 0 aliphatic carbocycles. The summed E-state index contributed by atoms with van der Waals surface area (Å²) in [5, 5.41) is 19.3. The fourth-order valence-electron chi connectivity index (χ4n) is 9.54. The monoisotopic (exact) mass is 800 g/mol. The first kappa shape index (κ1) is 36.2. The summed E-state index contributed by atoms with van der Waals surface area (Å²) in [4.78, 5) is 9.49. The van der Waals surface area contributed by atoms with E-state index in [9.17, 15) is 5.26 Å². The van der Waals surface area contributed by atoms with Crippen LogP contribution in [0.5, 0.6) is 0 Å². The maximum Gasteiger partial charge on any atom is 0.0992 e. The van der Waals surface area contributed by atoms with Crippen molar-refractivity contribution in [3.8, 4) is 67.7 Å². The minimum absolute atomic E-state index is 0.648. The van der Waals surface area contributed by atoms with Gasteiger partial charge in [0.2, 0.25) is 0 Å². The van der Waals surface area contributed by atoms with Crippen molar-refractivity contribution in [3.05, 3.63) is 224 Å². The molecule has 3 aromatic heterocycles. The molecule has 12 aromatic rings. The Morgan fingerprint density at radius 1 is 0.333 bits per heavy atom. The molecule has 0 fully saturated rings. The highest BCUT2D eigenvalue weighted by Gasteiger charge is 2.18. The molecule has 9 aromatic carbocycles. The molecule has 12 rings (SSSR count). The summed E-state index contributed by atoms with van der Waals surface area (Å²) in [5.74, 6) is 0. The van der Waals surface area contributed by atoms with Crippen molar-refractivity contribution >= 4 is 54.1 Å². The maximum atomic E-state index is 9.76. The van der Waals surface area contributed by atoms with Crippen LogP contribution in [0.4, 0.5) is 0 Å². The molecule has 3 heterocycles. The van der Waals surface area contributed by atoms with Crippen molar-refractivity contribution in [1.82, 2.24) is 14.5 Å². The molecule has 0 bridgehead atoms. The van der Waals surface area contributed by atoms with Crippen LogP contribution in [0.3, 0.4) is 0 Å². The van der Waals surface area contributed by atoms with Gasteiger partial charge in [-0.2, -0.15) is 5.26 Å². The van der Waals surface area contributed by atoms with Gasteiger partial charge in [-0.15, -0.1) is 0 Å². The molecule has 4 heteroatoms. The Labute approximate surface area is 364 Å². The van der Waals surface area contributed by atoms with E-state index in [4.69, 9.17) is 9.97 Å². The molecule has 0 atom stereocenters. The second-order valence-corrected chi connectivity index (χ2v) is 16.1. The average Bonchev–Trinajstić information content (AvgIpc) is 3.69. The fraction of sp³-hybridized carbons (Fsp3) is 0. The van der Waals surface area contributed by atoms with Crippen LogP contribution >= 0.6 is 0 Å². The van der Waals surface area contributed by atoms with Gasteiger partial charge in [0.05, 0.1) is 34.1 Å². The van der Waals surface area contributed by atoms with E-state index in [0.717, 1.165) is 72.3 Å². The smallest absolute Gasteiger partial charge is 0.0992 e. The van der Waals surface area contributed by atoms with E-state index in [0.29, 0.717) is 5.56 Å². The van der Waals surface area contributed by atoms with E-state index in [2.05, 4.69) is 174 Å². The van der Waals surface area contributed by atoms with Crippen LogP contribution in [0.15, 0.2) is 219 Å². The lowest BCUT2D eigenvalue weighted by Gasteiger charge is -2.17. The number of rotatable bonds is 6. The van der Waals surface area contributed by atoms with Gasteiger partial charge >= 0.3 is 0 Å². The number of benzene rings is 9. The van der Waals surface area contributed by atoms with Crippen LogP contribution in [-0.4, -0.2) is 14.5 Å². The van der Waals surface area contributed by atoms with Gasteiger partial charge in [0.25, 0.3) is 0 Å². The number of para-hydroxylation sites is 1. The molecule has 0 N–H and O–H groups in total. The topological polar surface area (TPSA) is 54.5 Å². The molecule has 0 spiro atoms. The lowest BCUT2D eigenvalue weighted by atomic mass is 9.86. The Balaban J connectivity index is 1.01. The normalized spacial score (nSPS) is 11.5. The molecule has 0 saturated carbocycles. The Bertz CT molecular complexity index is 3710. The Hall–Kier alpha value is -8.65. The van der Waals surface area contributed by atoms with Crippen molar-refractivity contribution in [1.29, 1.82) is 5.26 Å². The molecule has 0 radical (unpaired) electrons. The summed E-state index contributed by atoms with van der Waals surface area (Å²) in [6.07, 6.45) is 3.70. The molecule has 63 heavy (non-hydrogen) atoms. The van der Waals surface area contributed by atoms with Gasteiger partial charge < -0.3 is 4.57 Å². The van der Waals surface area contributed by atoms with Crippen molar-refractivity contribution in [2.75, 3.05) is 0 Å². The van der Waals surface area contributed by atoms with Gasteiger partial charge in [-0.3, -0.25) is 9.97 Å². The van der Waals surface area contributed by atoms with Gasteiger partial charge in [0.1, 0.15) is 0 Å². The van der Waals surface area contributed by atoms with Crippen LogP contribution in [-0.2, 0) is 0 Å². The minimum Gasteiger partial charge on any atom is -0.309 e. The van der Waals surface area contributed by atoms with E-state index in [1.165, 1.54) is 43.4 Å². The number of fused-ring (bicyclic) bond motifs is 8.